The van der Waals surface area contributed by atoms with Crippen molar-refractivity contribution in [1.29, 1.82) is 0 Å². The molecule has 3 nitrogen and oxygen atoms in total. The minimum atomic E-state index is -3.88. The minimum Gasteiger partial charge on any atom is -0.207 e. The van der Waals surface area contributed by atoms with Crippen LogP contribution in [0.15, 0.2) is 34.7 Å². The topological polar surface area (TPSA) is 46.2 Å². The van der Waals surface area contributed by atoms with E-state index >= 15 is 0 Å². The van der Waals surface area contributed by atoms with E-state index in [9.17, 15) is 12.8 Å². The first kappa shape index (κ1) is 13.2. The molecule has 16 heavy (non-hydrogen) atoms. The van der Waals surface area contributed by atoms with Gasteiger partial charge in [0.15, 0.2) is 0 Å². The van der Waals surface area contributed by atoms with E-state index in [0.717, 1.165) is 6.07 Å². The zero-order valence-corrected chi connectivity index (χ0v) is 10.2. The number of hydrogen-bond donors (Lipinski definition) is 1. The minimum absolute atomic E-state index is 0.128. The molecule has 0 aliphatic carbocycles. The van der Waals surface area contributed by atoms with Crippen molar-refractivity contribution in [3.63, 3.8) is 0 Å². The molecule has 1 aromatic carbocycles. The fourth-order valence-electron chi connectivity index (χ4n) is 1.07. The van der Waals surface area contributed by atoms with Crippen LogP contribution < -0.4 is 4.72 Å². The summed E-state index contributed by atoms with van der Waals surface area (Å²) in [5.41, 5.74) is 0.659. The monoisotopic (exact) mass is 263 g/mol. The molecular weight excluding hydrogens is 253 g/mol. The molecule has 0 saturated carbocycles. The maximum absolute atomic E-state index is 13.3. The number of rotatable bonds is 4. The van der Waals surface area contributed by atoms with Gasteiger partial charge in [0.25, 0.3) is 0 Å². The molecule has 0 spiro atoms. The van der Waals surface area contributed by atoms with Crippen LogP contribution in [0.4, 0.5) is 4.39 Å². The molecular formula is C10H11ClFNO2S. The van der Waals surface area contributed by atoms with Crippen molar-refractivity contribution in [3.05, 3.63) is 41.2 Å². The van der Waals surface area contributed by atoms with Crippen molar-refractivity contribution in [2.75, 3.05) is 6.54 Å². The van der Waals surface area contributed by atoms with E-state index in [0.29, 0.717) is 5.56 Å². The summed E-state index contributed by atoms with van der Waals surface area (Å²) in [6.45, 7) is 4.89. The van der Waals surface area contributed by atoms with Crippen molar-refractivity contribution in [2.24, 2.45) is 0 Å². The third kappa shape index (κ3) is 3.30. The van der Waals surface area contributed by atoms with Gasteiger partial charge < -0.3 is 0 Å². The van der Waals surface area contributed by atoms with Gasteiger partial charge in [-0.3, -0.25) is 0 Å². The largest absolute Gasteiger partial charge is 0.243 e. The number of hydrogen-bond acceptors (Lipinski definition) is 2. The number of halogens is 2. The van der Waals surface area contributed by atoms with Crippen LogP contribution in [0, 0.1) is 12.7 Å². The Balaban J connectivity index is 3.07. The second-order valence-corrected chi connectivity index (χ2v) is 5.55. The molecule has 0 unspecified atom stereocenters. The molecule has 6 heteroatoms. The smallest absolute Gasteiger partial charge is 0.207 e. The van der Waals surface area contributed by atoms with Crippen LogP contribution in [-0.2, 0) is 10.0 Å². The van der Waals surface area contributed by atoms with Crippen LogP contribution in [-0.4, -0.2) is 15.0 Å². The van der Waals surface area contributed by atoms with Crippen molar-refractivity contribution in [2.45, 2.75) is 11.8 Å². The lowest BCUT2D eigenvalue weighted by Crippen LogP contribution is -2.25. The first-order chi connectivity index (χ1) is 7.33. The van der Waals surface area contributed by atoms with E-state index in [1.54, 1.807) is 6.92 Å². The summed E-state index contributed by atoms with van der Waals surface area (Å²) >= 11 is 5.43. The molecule has 0 radical (unpaired) electrons. The zero-order valence-electron chi connectivity index (χ0n) is 8.63. The highest BCUT2D eigenvalue weighted by Crippen LogP contribution is 2.16. The van der Waals surface area contributed by atoms with Crippen LogP contribution >= 0.6 is 11.6 Å². The first-order valence-electron chi connectivity index (χ1n) is 4.42. The van der Waals surface area contributed by atoms with Gasteiger partial charge in [0.2, 0.25) is 10.0 Å². The van der Waals surface area contributed by atoms with Crippen molar-refractivity contribution in [1.82, 2.24) is 4.72 Å². The molecule has 0 bridgehead atoms. The molecule has 0 aliphatic heterocycles. The Labute approximate surface area is 99.0 Å². The quantitative estimate of drug-likeness (QED) is 0.905. The average molecular weight is 264 g/mol. The predicted octanol–water partition coefficient (Wildman–Crippen LogP) is 2.16. The average Bonchev–Trinajstić information content (AvgIpc) is 2.19. The Morgan fingerprint density at radius 2 is 2.19 bits per heavy atom. The molecule has 1 rings (SSSR count). The zero-order chi connectivity index (χ0) is 12.3. The molecule has 0 aliphatic rings. The Morgan fingerprint density at radius 3 is 2.75 bits per heavy atom. The molecule has 0 fully saturated rings. The highest BCUT2D eigenvalue weighted by atomic mass is 35.5. The highest BCUT2D eigenvalue weighted by Gasteiger charge is 2.18. The third-order valence-electron chi connectivity index (χ3n) is 1.83. The summed E-state index contributed by atoms with van der Waals surface area (Å²) in [5, 5.41) is 0.136. The van der Waals surface area contributed by atoms with Crippen LogP contribution in [0.5, 0.6) is 0 Å². The van der Waals surface area contributed by atoms with Gasteiger partial charge >= 0.3 is 0 Å². The predicted molar refractivity (Wildman–Crippen MR) is 61.3 cm³/mol. The van der Waals surface area contributed by atoms with Gasteiger partial charge in [0, 0.05) is 11.6 Å². The lowest BCUT2D eigenvalue weighted by atomic mass is 10.2. The number of sulfonamides is 1. The summed E-state index contributed by atoms with van der Waals surface area (Å²) < 4.78 is 38.8. The van der Waals surface area contributed by atoms with E-state index in [-0.39, 0.29) is 16.5 Å². The van der Waals surface area contributed by atoms with E-state index in [2.05, 4.69) is 11.3 Å². The summed E-state index contributed by atoms with van der Waals surface area (Å²) in [4.78, 5) is -0.384. The lowest BCUT2D eigenvalue weighted by Gasteiger charge is -2.07. The van der Waals surface area contributed by atoms with Crippen molar-refractivity contribution >= 4 is 21.6 Å². The molecule has 0 heterocycles. The maximum atomic E-state index is 13.3. The summed E-state index contributed by atoms with van der Waals surface area (Å²) in [6, 6.07) is 3.86. The Hall–Kier alpha value is -0.910. The van der Waals surface area contributed by atoms with Gasteiger partial charge in [-0.25, -0.2) is 17.5 Å². The van der Waals surface area contributed by atoms with Gasteiger partial charge in [-0.2, -0.15) is 0 Å². The number of aryl methyl sites for hydroxylation is 1. The maximum Gasteiger partial charge on any atom is 0.243 e. The number of nitrogens with one attached hydrogen (secondary N) is 1. The first-order valence-corrected chi connectivity index (χ1v) is 6.28. The van der Waals surface area contributed by atoms with Crippen molar-refractivity contribution < 1.29 is 12.8 Å². The third-order valence-corrected chi connectivity index (χ3v) is 3.38. The second-order valence-electron chi connectivity index (χ2n) is 3.28. The van der Waals surface area contributed by atoms with Crippen LogP contribution in [0.1, 0.15) is 5.56 Å². The Bertz CT molecular complexity index is 514. The van der Waals surface area contributed by atoms with E-state index in [1.807, 2.05) is 0 Å². The highest BCUT2D eigenvalue weighted by molar-refractivity contribution is 7.89. The van der Waals surface area contributed by atoms with Crippen LogP contribution in [0.2, 0.25) is 0 Å². The lowest BCUT2D eigenvalue weighted by molar-refractivity contribution is 0.559. The van der Waals surface area contributed by atoms with Crippen LogP contribution in [0.3, 0.4) is 0 Å². The molecule has 0 amide bonds. The summed E-state index contributed by atoms with van der Waals surface area (Å²) in [5.74, 6) is -0.793. The fourth-order valence-corrected chi connectivity index (χ4v) is 2.40. The summed E-state index contributed by atoms with van der Waals surface area (Å²) in [6.07, 6.45) is 0. The molecule has 0 aromatic heterocycles. The summed E-state index contributed by atoms with van der Waals surface area (Å²) in [7, 11) is -3.88. The van der Waals surface area contributed by atoms with Gasteiger partial charge in [-0.15, -0.1) is 0 Å². The molecule has 88 valence electrons. The van der Waals surface area contributed by atoms with E-state index in [1.165, 1.54) is 12.1 Å². The Kier molecular flexibility index (Phi) is 4.07. The standard InChI is InChI=1S/C10H11ClFNO2S/c1-7-3-4-9(12)10(5-7)16(14,15)13-6-8(2)11/h3-5,13H,2,6H2,1H3. The van der Waals surface area contributed by atoms with E-state index < -0.39 is 15.8 Å². The van der Waals surface area contributed by atoms with Crippen molar-refractivity contribution in [3.8, 4) is 0 Å². The fraction of sp³-hybridized carbons (Fsp3) is 0.200. The molecule has 1 N–H and O–H groups in total. The number of benzene rings is 1. The van der Waals surface area contributed by atoms with Gasteiger partial charge in [-0.05, 0) is 24.6 Å². The van der Waals surface area contributed by atoms with Gasteiger partial charge in [0.1, 0.15) is 10.7 Å². The molecule has 0 atom stereocenters. The van der Waals surface area contributed by atoms with E-state index in [4.69, 9.17) is 11.6 Å². The second kappa shape index (κ2) is 4.95. The molecule has 0 saturated heterocycles. The normalized spacial score (nSPS) is 11.4. The molecule has 1 aromatic rings. The van der Waals surface area contributed by atoms with Gasteiger partial charge in [0.05, 0.1) is 0 Å². The SMILES string of the molecule is C=C(Cl)CNS(=O)(=O)c1cc(C)ccc1F. The Morgan fingerprint density at radius 1 is 1.56 bits per heavy atom. The van der Waals surface area contributed by atoms with Gasteiger partial charge in [-0.1, -0.05) is 24.2 Å². The van der Waals surface area contributed by atoms with Crippen LogP contribution in [0.25, 0.3) is 0 Å².